The highest BCUT2D eigenvalue weighted by Crippen LogP contribution is 2.24. The van der Waals surface area contributed by atoms with Crippen molar-refractivity contribution >= 4 is 28.4 Å². The molecule has 31 heavy (non-hydrogen) atoms. The molecule has 1 heterocycles. The quantitative estimate of drug-likeness (QED) is 0.433. The van der Waals surface area contributed by atoms with Gasteiger partial charge in [0.2, 0.25) is 0 Å². The number of carbonyl (C=O) groups excluding carboxylic acids is 1. The van der Waals surface area contributed by atoms with Crippen molar-refractivity contribution < 1.29 is 4.79 Å². The van der Waals surface area contributed by atoms with Crippen molar-refractivity contribution in [3.63, 3.8) is 0 Å². The van der Waals surface area contributed by atoms with Crippen LogP contribution in [-0.4, -0.2) is 26.9 Å². The molecule has 0 spiro atoms. The molecule has 1 amide bonds. The summed E-state index contributed by atoms with van der Waals surface area (Å²) in [6, 6.07) is 23.0. The van der Waals surface area contributed by atoms with Gasteiger partial charge < -0.3 is 4.90 Å². The summed E-state index contributed by atoms with van der Waals surface area (Å²) >= 11 is 5.98. The maximum Gasteiger partial charge on any atom is 0.266 e. The van der Waals surface area contributed by atoms with Gasteiger partial charge in [0.25, 0.3) is 11.5 Å². The van der Waals surface area contributed by atoms with Crippen LogP contribution in [0.3, 0.4) is 0 Å². The number of carbonyl (C=O) groups is 1. The van der Waals surface area contributed by atoms with Gasteiger partial charge in [0.1, 0.15) is 5.82 Å². The molecule has 0 saturated carbocycles. The molecule has 0 N–H and O–H groups in total. The number of hydrogen-bond donors (Lipinski definition) is 0. The second-order valence-electron chi connectivity index (χ2n) is 7.24. The number of aromatic nitrogens is 2. The third kappa shape index (κ3) is 3.97. The second kappa shape index (κ2) is 8.74. The van der Waals surface area contributed by atoms with Crippen molar-refractivity contribution in [3.05, 3.63) is 106 Å². The minimum Gasteiger partial charge on any atom is -0.329 e. The normalized spacial score (nSPS) is 12.0. The van der Waals surface area contributed by atoms with Crippen molar-refractivity contribution in [2.24, 2.45) is 0 Å². The van der Waals surface area contributed by atoms with Gasteiger partial charge in [0.05, 0.1) is 22.6 Å². The average molecular weight is 432 g/mol. The van der Waals surface area contributed by atoms with Gasteiger partial charge in [0.15, 0.2) is 0 Å². The first kappa shape index (κ1) is 20.8. The summed E-state index contributed by atoms with van der Waals surface area (Å²) in [6.07, 6.45) is 0. The van der Waals surface area contributed by atoms with Crippen LogP contribution >= 0.6 is 11.6 Å². The summed E-state index contributed by atoms with van der Waals surface area (Å²) in [4.78, 5) is 33.2. The molecule has 0 saturated heterocycles. The van der Waals surface area contributed by atoms with Crippen LogP contribution in [-0.2, 0) is 0 Å². The van der Waals surface area contributed by atoms with Gasteiger partial charge in [-0.25, -0.2) is 4.98 Å². The summed E-state index contributed by atoms with van der Waals surface area (Å²) < 4.78 is 1.60. The zero-order valence-electron chi connectivity index (χ0n) is 17.3. The highest BCUT2D eigenvalue weighted by Gasteiger charge is 2.26. The molecule has 0 aliphatic rings. The highest BCUT2D eigenvalue weighted by atomic mass is 35.5. The van der Waals surface area contributed by atoms with Crippen LogP contribution < -0.4 is 5.56 Å². The van der Waals surface area contributed by atoms with Crippen molar-refractivity contribution in [3.8, 4) is 5.69 Å². The first-order valence-electron chi connectivity index (χ1n) is 10.1. The number of hydrogen-bond acceptors (Lipinski definition) is 3. The fourth-order valence-electron chi connectivity index (χ4n) is 3.75. The SMILES string of the molecule is CCN(C(=O)c1ccc(Cl)cc1)C(C)c1nc2ccccc2c(=O)n1-c1ccccc1. The molecule has 0 fully saturated rings. The van der Waals surface area contributed by atoms with Gasteiger partial charge in [-0.1, -0.05) is 41.9 Å². The van der Waals surface area contributed by atoms with Gasteiger partial charge >= 0.3 is 0 Å². The Morgan fingerprint density at radius 2 is 1.65 bits per heavy atom. The average Bonchev–Trinajstić information content (AvgIpc) is 2.80. The van der Waals surface area contributed by atoms with Crippen LogP contribution in [0.5, 0.6) is 0 Å². The highest BCUT2D eigenvalue weighted by molar-refractivity contribution is 6.30. The topological polar surface area (TPSA) is 55.2 Å². The molecule has 4 aromatic rings. The maximum atomic E-state index is 13.4. The molecule has 1 unspecified atom stereocenters. The van der Waals surface area contributed by atoms with Gasteiger partial charge in [0, 0.05) is 17.1 Å². The van der Waals surface area contributed by atoms with Gasteiger partial charge in [-0.05, 0) is 62.4 Å². The minimum atomic E-state index is -0.439. The standard InChI is InChI=1S/C25H22ClN3O2/c1-3-28(24(30)18-13-15-19(26)16-14-18)17(2)23-27-22-12-8-7-11-21(22)25(31)29(23)20-9-5-4-6-10-20/h4-17H,3H2,1-2H3. The van der Waals surface area contributed by atoms with E-state index in [1.165, 1.54) is 0 Å². The van der Waals surface area contributed by atoms with Crippen molar-refractivity contribution in [1.29, 1.82) is 0 Å². The van der Waals surface area contributed by atoms with E-state index in [1.807, 2.05) is 62.4 Å². The molecule has 1 atom stereocenters. The summed E-state index contributed by atoms with van der Waals surface area (Å²) in [5.74, 6) is 0.368. The van der Waals surface area contributed by atoms with E-state index in [9.17, 15) is 9.59 Å². The fraction of sp³-hybridized carbons (Fsp3) is 0.160. The van der Waals surface area contributed by atoms with Crippen molar-refractivity contribution in [2.45, 2.75) is 19.9 Å². The molecule has 0 bridgehead atoms. The lowest BCUT2D eigenvalue weighted by molar-refractivity contribution is 0.0693. The fourth-order valence-corrected chi connectivity index (χ4v) is 3.87. The Labute approximate surface area is 185 Å². The first-order valence-corrected chi connectivity index (χ1v) is 10.5. The monoisotopic (exact) mass is 431 g/mol. The molecular weight excluding hydrogens is 410 g/mol. The molecule has 4 rings (SSSR count). The number of halogens is 1. The summed E-state index contributed by atoms with van der Waals surface area (Å²) in [5.41, 5.74) is 1.69. The molecule has 0 radical (unpaired) electrons. The predicted octanol–water partition coefficient (Wildman–Crippen LogP) is 5.26. The number of benzene rings is 3. The second-order valence-corrected chi connectivity index (χ2v) is 7.67. The van der Waals surface area contributed by atoms with Crippen LogP contribution in [0.15, 0.2) is 83.7 Å². The van der Waals surface area contributed by atoms with Crippen LogP contribution in [0.4, 0.5) is 0 Å². The molecule has 0 aliphatic heterocycles. The lowest BCUT2D eigenvalue weighted by atomic mass is 10.1. The predicted molar refractivity (Wildman–Crippen MR) is 124 cm³/mol. The summed E-state index contributed by atoms with van der Waals surface area (Å²) in [5, 5.41) is 1.11. The van der Waals surface area contributed by atoms with Crippen LogP contribution in [0, 0.1) is 0 Å². The number of rotatable bonds is 5. The summed E-state index contributed by atoms with van der Waals surface area (Å²) in [6.45, 7) is 4.27. The third-order valence-electron chi connectivity index (χ3n) is 5.35. The van der Waals surface area contributed by atoms with Crippen molar-refractivity contribution in [1.82, 2.24) is 14.5 Å². The Morgan fingerprint density at radius 1 is 1.00 bits per heavy atom. The molecular formula is C25H22ClN3O2. The zero-order chi connectivity index (χ0) is 22.0. The smallest absolute Gasteiger partial charge is 0.266 e. The van der Waals surface area contributed by atoms with Crippen molar-refractivity contribution in [2.75, 3.05) is 6.54 Å². The Balaban J connectivity index is 1.88. The number of fused-ring (bicyclic) bond motifs is 1. The molecule has 156 valence electrons. The van der Waals surface area contributed by atoms with E-state index >= 15 is 0 Å². The van der Waals surface area contributed by atoms with E-state index in [1.54, 1.807) is 39.8 Å². The third-order valence-corrected chi connectivity index (χ3v) is 5.60. The van der Waals surface area contributed by atoms with Gasteiger partial charge in [-0.15, -0.1) is 0 Å². The Kier molecular flexibility index (Phi) is 5.87. The molecule has 3 aromatic carbocycles. The molecule has 5 nitrogen and oxygen atoms in total. The largest absolute Gasteiger partial charge is 0.329 e. The molecule has 1 aromatic heterocycles. The molecule has 0 aliphatic carbocycles. The van der Waals surface area contributed by atoms with E-state index in [0.717, 1.165) is 0 Å². The lowest BCUT2D eigenvalue weighted by Gasteiger charge is -2.29. The van der Waals surface area contributed by atoms with Crippen LogP contribution in [0.2, 0.25) is 5.02 Å². The van der Waals surface area contributed by atoms with E-state index in [2.05, 4.69) is 0 Å². The zero-order valence-corrected chi connectivity index (χ0v) is 18.1. The van der Waals surface area contributed by atoms with E-state index in [-0.39, 0.29) is 11.5 Å². The van der Waals surface area contributed by atoms with Crippen LogP contribution in [0.1, 0.15) is 36.1 Å². The van der Waals surface area contributed by atoms with E-state index in [4.69, 9.17) is 16.6 Å². The van der Waals surface area contributed by atoms with E-state index in [0.29, 0.717) is 39.5 Å². The summed E-state index contributed by atoms with van der Waals surface area (Å²) in [7, 11) is 0. The first-order chi connectivity index (χ1) is 15.0. The Morgan fingerprint density at radius 3 is 2.32 bits per heavy atom. The van der Waals surface area contributed by atoms with Gasteiger partial charge in [-0.3, -0.25) is 14.2 Å². The number of amides is 1. The lowest BCUT2D eigenvalue weighted by Crippen LogP contribution is -2.37. The Bertz CT molecular complexity index is 1280. The number of para-hydroxylation sites is 2. The maximum absolute atomic E-state index is 13.4. The minimum absolute atomic E-state index is 0.145. The Hall–Kier alpha value is -3.44. The van der Waals surface area contributed by atoms with Gasteiger partial charge in [-0.2, -0.15) is 0 Å². The van der Waals surface area contributed by atoms with Crippen LogP contribution in [0.25, 0.3) is 16.6 Å². The van der Waals surface area contributed by atoms with E-state index < -0.39 is 6.04 Å². The molecule has 6 heteroatoms. The number of nitrogens with zero attached hydrogens (tertiary/aromatic N) is 3.